The highest BCUT2D eigenvalue weighted by Gasteiger charge is 2.79. The summed E-state index contributed by atoms with van der Waals surface area (Å²) in [5, 5.41) is 0.226. The SMILES string of the molecule is Cc1ccc(S(=O)(=O)OC2CC34CCCCC3(C2)C4Cl)cc1. The zero-order valence-corrected chi connectivity index (χ0v) is 14.3. The van der Waals surface area contributed by atoms with Crippen molar-refractivity contribution in [3.8, 4) is 0 Å². The number of hydrogen-bond acceptors (Lipinski definition) is 3. The second kappa shape index (κ2) is 4.71. The van der Waals surface area contributed by atoms with Crippen LogP contribution in [0.4, 0.5) is 0 Å². The number of hydrogen-bond donors (Lipinski definition) is 0. The average molecular weight is 341 g/mol. The Bertz CT molecular complexity index is 677. The van der Waals surface area contributed by atoms with Gasteiger partial charge in [-0.05, 0) is 55.6 Å². The highest BCUT2D eigenvalue weighted by Crippen LogP contribution is 2.81. The first-order chi connectivity index (χ1) is 10.4. The van der Waals surface area contributed by atoms with Crippen LogP contribution in [0.3, 0.4) is 0 Å². The van der Waals surface area contributed by atoms with Crippen LogP contribution in [-0.2, 0) is 14.3 Å². The molecule has 0 spiro atoms. The minimum absolute atomic E-state index is 0.153. The van der Waals surface area contributed by atoms with E-state index in [-0.39, 0.29) is 27.2 Å². The van der Waals surface area contributed by atoms with Gasteiger partial charge in [0.05, 0.1) is 11.0 Å². The minimum Gasteiger partial charge on any atom is -0.263 e. The van der Waals surface area contributed by atoms with E-state index in [1.54, 1.807) is 24.3 Å². The molecule has 0 N–H and O–H groups in total. The summed E-state index contributed by atoms with van der Waals surface area (Å²) >= 11 is 6.57. The van der Waals surface area contributed by atoms with E-state index >= 15 is 0 Å². The standard InChI is InChI=1S/C17H21ClO3S/c1-12-4-6-14(7-5-12)22(19,20)21-13-10-16-8-2-3-9-17(16,11-13)15(16)18/h4-7,13,15H,2-3,8-11H2,1H3. The second-order valence-corrected chi connectivity index (χ2v) is 9.28. The molecule has 0 amide bonds. The largest absolute Gasteiger partial charge is 0.297 e. The van der Waals surface area contributed by atoms with Crippen LogP contribution in [-0.4, -0.2) is 19.9 Å². The van der Waals surface area contributed by atoms with E-state index in [0.717, 1.165) is 31.2 Å². The molecule has 0 aromatic heterocycles. The Balaban J connectivity index is 1.52. The monoisotopic (exact) mass is 340 g/mol. The van der Waals surface area contributed by atoms with E-state index in [4.69, 9.17) is 15.8 Å². The predicted molar refractivity (Wildman–Crippen MR) is 85.4 cm³/mol. The molecule has 4 rings (SSSR count). The van der Waals surface area contributed by atoms with Crippen LogP contribution >= 0.6 is 11.6 Å². The van der Waals surface area contributed by atoms with Gasteiger partial charge in [-0.1, -0.05) is 30.5 Å². The fraction of sp³-hybridized carbons (Fsp3) is 0.647. The van der Waals surface area contributed by atoms with Gasteiger partial charge >= 0.3 is 0 Å². The molecule has 0 heterocycles. The molecule has 2 atom stereocenters. The molecule has 0 aliphatic heterocycles. The number of alkyl halides is 1. The first kappa shape index (κ1) is 15.0. The van der Waals surface area contributed by atoms with E-state index in [9.17, 15) is 8.42 Å². The Morgan fingerprint density at radius 2 is 1.64 bits per heavy atom. The molecular weight excluding hydrogens is 320 g/mol. The Kier molecular flexibility index (Phi) is 3.21. The van der Waals surface area contributed by atoms with Crippen LogP contribution in [0.25, 0.3) is 0 Å². The molecule has 1 aromatic rings. The first-order valence-electron chi connectivity index (χ1n) is 8.04. The quantitative estimate of drug-likeness (QED) is 0.616. The molecule has 3 nitrogen and oxygen atoms in total. The minimum atomic E-state index is -3.67. The summed E-state index contributed by atoms with van der Waals surface area (Å²) in [5.74, 6) is 0. The first-order valence-corrected chi connectivity index (χ1v) is 9.88. The van der Waals surface area contributed by atoms with E-state index in [2.05, 4.69) is 0 Å². The van der Waals surface area contributed by atoms with Crippen LogP contribution in [0, 0.1) is 17.8 Å². The lowest BCUT2D eigenvalue weighted by molar-refractivity contribution is 0.187. The molecule has 0 bridgehead atoms. The van der Waals surface area contributed by atoms with Crippen molar-refractivity contribution >= 4 is 21.7 Å². The summed E-state index contributed by atoms with van der Waals surface area (Å²) in [7, 11) is -3.67. The molecule has 0 saturated heterocycles. The van der Waals surface area contributed by atoms with Gasteiger partial charge in [0.1, 0.15) is 0 Å². The highest BCUT2D eigenvalue weighted by atomic mass is 35.5. The summed E-state index contributed by atoms with van der Waals surface area (Å²) in [6.07, 6.45) is 6.07. The topological polar surface area (TPSA) is 43.4 Å². The van der Waals surface area contributed by atoms with Crippen molar-refractivity contribution in [3.63, 3.8) is 0 Å². The molecule has 1 aromatic carbocycles. The van der Waals surface area contributed by atoms with Crippen molar-refractivity contribution in [1.82, 2.24) is 0 Å². The van der Waals surface area contributed by atoms with Gasteiger partial charge in [-0.3, -0.25) is 4.18 Å². The maximum Gasteiger partial charge on any atom is 0.297 e. The molecule has 3 aliphatic carbocycles. The van der Waals surface area contributed by atoms with Crippen LogP contribution in [0.15, 0.2) is 29.2 Å². The van der Waals surface area contributed by atoms with Crippen LogP contribution in [0.2, 0.25) is 0 Å². The normalized spacial score (nSPS) is 40.1. The molecule has 5 heteroatoms. The lowest BCUT2D eigenvalue weighted by Gasteiger charge is -2.22. The van der Waals surface area contributed by atoms with Crippen molar-refractivity contribution in [2.24, 2.45) is 10.8 Å². The Morgan fingerprint density at radius 3 is 2.18 bits per heavy atom. The van der Waals surface area contributed by atoms with Crippen LogP contribution < -0.4 is 0 Å². The van der Waals surface area contributed by atoms with Gasteiger partial charge < -0.3 is 0 Å². The fourth-order valence-corrected chi connectivity index (χ4v) is 6.86. The zero-order chi connectivity index (χ0) is 15.6. The second-order valence-electron chi connectivity index (χ2n) is 7.28. The van der Waals surface area contributed by atoms with Gasteiger partial charge in [-0.15, -0.1) is 11.6 Å². The van der Waals surface area contributed by atoms with Gasteiger partial charge in [-0.25, -0.2) is 0 Å². The summed E-state index contributed by atoms with van der Waals surface area (Å²) in [6, 6.07) is 6.84. The van der Waals surface area contributed by atoms with E-state index in [1.165, 1.54) is 12.8 Å². The number of benzene rings is 1. The molecule has 3 aliphatic rings. The molecular formula is C17H21ClO3S. The molecule has 120 valence electrons. The molecule has 22 heavy (non-hydrogen) atoms. The highest BCUT2D eigenvalue weighted by molar-refractivity contribution is 7.86. The van der Waals surface area contributed by atoms with Crippen LogP contribution in [0.5, 0.6) is 0 Å². The van der Waals surface area contributed by atoms with Gasteiger partial charge in [0.2, 0.25) is 0 Å². The smallest absolute Gasteiger partial charge is 0.263 e. The van der Waals surface area contributed by atoms with Crippen molar-refractivity contribution in [1.29, 1.82) is 0 Å². The number of halogens is 1. The molecule has 2 unspecified atom stereocenters. The molecule has 3 fully saturated rings. The van der Waals surface area contributed by atoms with Gasteiger partial charge in [0.25, 0.3) is 10.1 Å². The zero-order valence-electron chi connectivity index (χ0n) is 12.7. The average Bonchev–Trinajstić information content (AvgIpc) is 2.82. The summed E-state index contributed by atoms with van der Waals surface area (Å²) in [5.41, 5.74) is 1.34. The Labute approximate surface area is 137 Å². The van der Waals surface area contributed by atoms with Gasteiger partial charge in [-0.2, -0.15) is 8.42 Å². The third-order valence-electron chi connectivity index (χ3n) is 6.13. The number of rotatable bonds is 3. The van der Waals surface area contributed by atoms with Gasteiger partial charge in [0, 0.05) is 5.38 Å². The number of aryl methyl sites for hydroxylation is 1. The van der Waals surface area contributed by atoms with E-state index in [0.29, 0.717) is 0 Å². The lowest BCUT2D eigenvalue weighted by Crippen LogP contribution is -2.21. The predicted octanol–water partition coefficient (Wildman–Crippen LogP) is 4.03. The Hall–Kier alpha value is -0.580. The third kappa shape index (κ3) is 1.93. The van der Waals surface area contributed by atoms with Crippen molar-refractivity contribution in [2.75, 3.05) is 0 Å². The van der Waals surface area contributed by atoms with Crippen molar-refractivity contribution in [2.45, 2.75) is 61.8 Å². The summed E-state index contributed by atoms with van der Waals surface area (Å²) < 4.78 is 30.5. The maximum absolute atomic E-state index is 12.4. The van der Waals surface area contributed by atoms with E-state index in [1.807, 2.05) is 6.92 Å². The molecule has 3 saturated carbocycles. The van der Waals surface area contributed by atoms with Crippen molar-refractivity contribution in [3.05, 3.63) is 29.8 Å². The van der Waals surface area contributed by atoms with Gasteiger partial charge in [0.15, 0.2) is 0 Å². The Morgan fingerprint density at radius 1 is 1.09 bits per heavy atom. The maximum atomic E-state index is 12.4. The fourth-order valence-electron chi connectivity index (χ4n) is 5.02. The lowest BCUT2D eigenvalue weighted by atomic mass is 9.82. The molecule has 0 radical (unpaired) electrons. The summed E-state index contributed by atoms with van der Waals surface area (Å²) in [4.78, 5) is 0.249. The van der Waals surface area contributed by atoms with Crippen molar-refractivity contribution < 1.29 is 12.6 Å². The summed E-state index contributed by atoms with van der Waals surface area (Å²) in [6.45, 7) is 1.94. The third-order valence-corrected chi connectivity index (χ3v) is 8.34. The van der Waals surface area contributed by atoms with Crippen LogP contribution in [0.1, 0.15) is 44.1 Å². The van der Waals surface area contributed by atoms with E-state index < -0.39 is 10.1 Å².